The Morgan fingerprint density at radius 2 is 2.18 bits per heavy atom. The second-order valence-electron chi connectivity index (χ2n) is 3.77. The zero-order valence-electron chi connectivity index (χ0n) is 9.64. The predicted molar refractivity (Wildman–Crippen MR) is 67.6 cm³/mol. The van der Waals surface area contributed by atoms with E-state index in [-0.39, 0.29) is 24.8 Å². The van der Waals surface area contributed by atoms with Crippen LogP contribution in [-0.2, 0) is 9.59 Å². The van der Waals surface area contributed by atoms with Crippen molar-refractivity contribution in [2.75, 3.05) is 13.6 Å². The van der Waals surface area contributed by atoms with Gasteiger partial charge in [0.2, 0.25) is 5.91 Å². The Morgan fingerprint density at radius 1 is 1.53 bits per heavy atom. The molecule has 0 saturated carbocycles. The predicted octanol–water partition coefficient (Wildman–Crippen LogP) is 2.44. The van der Waals surface area contributed by atoms with Crippen molar-refractivity contribution in [3.8, 4) is 0 Å². The first-order valence-corrected chi connectivity index (χ1v) is 6.33. The van der Waals surface area contributed by atoms with Gasteiger partial charge in [-0.25, -0.2) is 0 Å². The molecule has 1 heterocycles. The molecule has 0 aliphatic heterocycles. The Labute approximate surface area is 109 Å². The number of carboxylic acid groups (broad SMARTS) is 1. The van der Waals surface area contributed by atoms with Crippen molar-refractivity contribution in [1.29, 1.82) is 0 Å². The molecule has 1 aromatic heterocycles. The molecule has 4 nitrogen and oxygen atoms in total. The number of carbonyl (C=O) groups excluding carboxylic acids is 1. The zero-order chi connectivity index (χ0) is 13.0. The number of hydrogen-bond acceptors (Lipinski definition) is 3. The number of carbonyl (C=O) groups is 2. The maximum absolute atomic E-state index is 12.0. The van der Waals surface area contributed by atoms with Crippen LogP contribution in [0.1, 0.15) is 24.1 Å². The lowest BCUT2D eigenvalue weighted by Crippen LogP contribution is -2.32. The Kier molecular flexibility index (Phi) is 4.96. The molecular weight excluding hydrogens is 262 g/mol. The molecule has 0 aliphatic rings. The van der Waals surface area contributed by atoms with E-state index in [2.05, 4.69) is 0 Å². The normalized spacial score (nSPS) is 12.2. The van der Waals surface area contributed by atoms with Gasteiger partial charge in [-0.3, -0.25) is 9.59 Å². The number of amides is 1. The van der Waals surface area contributed by atoms with Gasteiger partial charge in [0.25, 0.3) is 0 Å². The maximum Gasteiger partial charge on any atom is 0.305 e. The lowest BCUT2D eigenvalue weighted by atomic mass is 10.1. The average molecular weight is 276 g/mol. The molecule has 0 bridgehead atoms. The topological polar surface area (TPSA) is 57.6 Å². The van der Waals surface area contributed by atoms with E-state index in [0.717, 1.165) is 4.88 Å². The molecule has 6 heteroatoms. The summed E-state index contributed by atoms with van der Waals surface area (Å²) in [4.78, 5) is 24.7. The highest BCUT2D eigenvalue weighted by molar-refractivity contribution is 7.16. The van der Waals surface area contributed by atoms with E-state index in [1.54, 1.807) is 20.0 Å². The number of hydrogen-bond donors (Lipinski definition) is 1. The van der Waals surface area contributed by atoms with Crippen molar-refractivity contribution in [3.63, 3.8) is 0 Å². The fraction of sp³-hybridized carbons (Fsp3) is 0.455. The molecule has 1 atom stereocenters. The number of aliphatic carboxylic acids is 1. The summed E-state index contributed by atoms with van der Waals surface area (Å²) >= 11 is 7.17. The highest BCUT2D eigenvalue weighted by atomic mass is 35.5. The number of nitrogens with zero attached hydrogens (tertiary/aromatic N) is 1. The van der Waals surface area contributed by atoms with Crippen molar-refractivity contribution in [3.05, 3.63) is 21.3 Å². The lowest BCUT2D eigenvalue weighted by molar-refractivity contribution is -0.138. The van der Waals surface area contributed by atoms with Crippen LogP contribution >= 0.6 is 22.9 Å². The Bertz CT molecular complexity index is 419. The Morgan fingerprint density at radius 3 is 2.65 bits per heavy atom. The second-order valence-corrected chi connectivity index (χ2v) is 5.51. The second kappa shape index (κ2) is 6.02. The van der Waals surface area contributed by atoms with Gasteiger partial charge in [-0.1, -0.05) is 11.6 Å². The number of likely N-dealkylation sites (N-methyl/N-ethyl adjacent to an activating group) is 1. The molecule has 1 N–H and O–H groups in total. The fourth-order valence-electron chi connectivity index (χ4n) is 1.39. The molecule has 0 radical (unpaired) electrons. The molecule has 0 saturated heterocycles. The van der Waals surface area contributed by atoms with Crippen LogP contribution in [-0.4, -0.2) is 35.5 Å². The maximum atomic E-state index is 12.0. The Hall–Kier alpha value is -1.07. The van der Waals surface area contributed by atoms with Crippen LogP contribution < -0.4 is 0 Å². The van der Waals surface area contributed by atoms with E-state index in [1.807, 2.05) is 6.07 Å². The molecule has 0 fully saturated rings. The fourth-order valence-corrected chi connectivity index (χ4v) is 2.49. The first kappa shape index (κ1) is 14.0. The Balaban J connectivity index is 2.60. The molecule has 0 aliphatic carbocycles. The average Bonchev–Trinajstić information content (AvgIpc) is 2.70. The van der Waals surface area contributed by atoms with Crippen LogP contribution in [0.2, 0.25) is 4.34 Å². The van der Waals surface area contributed by atoms with Crippen LogP contribution in [0.4, 0.5) is 0 Å². The van der Waals surface area contributed by atoms with Gasteiger partial charge in [0.05, 0.1) is 16.7 Å². The van der Waals surface area contributed by atoms with Crippen LogP contribution in [0.3, 0.4) is 0 Å². The minimum absolute atomic E-state index is 0.0415. The molecule has 1 unspecified atom stereocenters. The lowest BCUT2D eigenvalue weighted by Gasteiger charge is -2.19. The highest BCUT2D eigenvalue weighted by Gasteiger charge is 2.21. The summed E-state index contributed by atoms with van der Waals surface area (Å²) < 4.78 is 0.646. The van der Waals surface area contributed by atoms with Gasteiger partial charge in [-0.2, -0.15) is 0 Å². The van der Waals surface area contributed by atoms with Crippen molar-refractivity contribution in [2.45, 2.75) is 19.3 Å². The molecule has 1 rings (SSSR count). The van der Waals surface area contributed by atoms with Gasteiger partial charge < -0.3 is 10.0 Å². The van der Waals surface area contributed by atoms with Crippen LogP contribution in [0.5, 0.6) is 0 Å². The quantitative estimate of drug-likeness (QED) is 0.898. The molecule has 1 aromatic rings. The van der Waals surface area contributed by atoms with Crippen LogP contribution in [0.15, 0.2) is 12.1 Å². The molecule has 94 valence electrons. The summed E-state index contributed by atoms with van der Waals surface area (Å²) in [5.74, 6) is -1.28. The summed E-state index contributed by atoms with van der Waals surface area (Å²) in [7, 11) is 1.61. The molecular formula is C11H14ClNO3S. The first-order chi connectivity index (χ1) is 7.91. The third kappa shape index (κ3) is 4.02. The molecule has 0 aromatic carbocycles. The van der Waals surface area contributed by atoms with Gasteiger partial charge in [-0.05, 0) is 19.1 Å². The van der Waals surface area contributed by atoms with Gasteiger partial charge in [0, 0.05) is 18.5 Å². The third-order valence-corrected chi connectivity index (χ3v) is 3.84. The number of halogens is 1. The van der Waals surface area contributed by atoms with Gasteiger partial charge in [0.15, 0.2) is 0 Å². The first-order valence-electron chi connectivity index (χ1n) is 5.14. The molecule has 17 heavy (non-hydrogen) atoms. The molecule has 1 amide bonds. The van der Waals surface area contributed by atoms with Crippen molar-refractivity contribution in [1.82, 2.24) is 4.90 Å². The van der Waals surface area contributed by atoms with Gasteiger partial charge >= 0.3 is 5.97 Å². The van der Waals surface area contributed by atoms with Gasteiger partial charge in [0.1, 0.15) is 0 Å². The number of rotatable bonds is 5. The van der Waals surface area contributed by atoms with E-state index in [0.29, 0.717) is 4.34 Å². The van der Waals surface area contributed by atoms with E-state index >= 15 is 0 Å². The minimum Gasteiger partial charge on any atom is -0.481 e. The van der Waals surface area contributed by atoms with E-state index in [1.165, 1.54) is 16.2 Å². The minimum atomic E-state index is -0.906. The zero-order valence-corrected chi connectivity index (χ0v) is 11.2. The van der Waals surface area contributed by atoms with E-state index in [9.17, 15) is 9.59 Å². The van der Waals surface area contributed by atoms with E-state index in [4.69, 9.17) is 16.7 Å². The molecule has 0 spiro atoms. The summed E-state index contributed by atoms with van der Waals surface area (Å²) in [5, 5.41) is 8.55. The summed E-state index contributed by atoms with van der Waals surface area (Å²) in [6.07, 6.45) is -0.0415. The monoisotopic (exact) mass is 275 g/mol. The van der Waals surface area contributed by atoms with Crippen LogP contribution in [0.25, 0.3) is 0 Å². The summed E-state index contributed by atoms with van der Waals surface area (Å²) in [6.45, 7) is 2.01. The number of thiophene rings is 1. The number of carboxylic acids is 1. The standard InChI is InChI=1S/C11H14ClNO3S/c1-7(8-3-4-9(12)17-8)11(16)13(2)6-5-10(14)15/h3-4,7H,5-6H2,1-2H3,(H,14,15). The third-order valence-electron chi connectivity index (χ3n) is 2.43. The smallest absolute Gasteiger partial charge is 0.305 e. The highest BCUT2D eigenvalue weighted by Crippen LogP contribution is 2.28. The van der Waals surface area contributed by atoms with Crippen molar-refractivity contribution >= 4 is 34.8 Å². The van der Waals surface area contributed by atoms with E-state index < -0.39 is 5.97 Å². The van der Waals surface area contributed by atoms with Crippen LogP contribution in [0, 0.1) is 0 Å². The van der Waals surface area contributed by atoms with Gasteiger partial charge in [-0.15, -0.1) is 11.3 Å². The van der Waals surface area contributed by atoms with Crippen molar-refractivity contribution in [2.24, 2.45) is 0 Å². The van der Waals surface area contributed by atoms with Crippen molar-refractivity contribution < 1.29 is 14.7 Å². The summed E-state index contributed by atoms with van der Waals surface area (Å²) in [6, 6.07) is 3.57. The largest absolute Gasteiger partial charge is 0.481 e. The summed E-state index contributed by atoms with van der Waals surface area (Å²) in [5.41, 5.74) is 0. The SMILES string of the molecule is CC(C(=O)N(C)CCC(=O)O)c1ccc(Cl)s1.